The van der Waals surface area contributed by atoms with E-state index in [0.29, 0.717) is 0 Å². The zero-order valence-electron chi connectivity index (χ0n) is 20.5. The summed E-state index contributed by atoms with van der Waals surface area (Å²) in [6.07, 6.45) is -30.0. The van der Waals surface area contributed by atoms with Crippen molar-refractivity contribution in [2.24, 2.45) is 0 Å². The zero-order valence-corrected chi connectivity index (χ0v) is 19.9. The van der Waals surface area contributed by atoms with E-state index in [2.05, 4.69) is 40.1 Å². The van der Waals surface area contributed by atoms with Crippen LogP contribution in [0.25, 0.3) is 0 Å². The third-order valence-corrected chi connectivity index (χ3v) is 10.5. The van der Waals surface area contributed by atoms with Crippen LogP contribution < -0.4 is 0 Å². The predicted molar refractivity (Wildman–Crippen MR) is 91.4 cm³/mol. The molecular weight excluding hydrogens is 594 g/mol. The molecule has 21 nitrogen and oxygen atoms in total. The summed E-state index contributed by atoms with van der Waals surface area (Å²) in [5.74, 6) is 0. The Morgan fingerprint density at radius 1 is 0.394 bits per heavy atom. The first kappa shape index (κ1) is 19.8. The summed E-state index contributed by atoms with van der Waals surface area (Å²) in [7, 11) is -38.9. The summed E-state index contributed by atoms with van der Waals surface area (Å²) in [6.45, 7) is 0. The maximum Gasteiger partial charge on any atom is 0.481 e. The molecule has 0 bridgehead atoms. The molecule has 3 heterocycles. The van der Waals surface area contributed by atoms with Gasteiger partial charge in [0.05, 0.1) is 8.22 Å². The van der Waals surface area contributed by atoms with Gasteiger partial charge in [-0.05, 0) is 0 Å². The Kier molecular flexibility index (Phi) is 4.89. The monoisotopic (exact) mass is 612 g/mol. The molecule has 0 amide bonds. The van der Waals surface area contributed by atoms with Crippen LogP contribution in [0.15, 0.2) is 0 Å². The second kappa shape index (κ2) is 8.14. The third-order valence-electron chi connectivity index (χ3n) is 3.10. The Labute approximate surface area is 189 Å². The first-order valence-electron chi connectivity index (χ1n) is 10.2. The van der Waals surface area contributed by atoms with Crippen molar-refractivity contribution in [1.29, 1.82) is 0 Å². The fourth-order valence-electron chi connectivity index (χ4n) is 2.30. The molecule has 33 heavy (non-hydrogen) atoms. The minimum Gasteiger partial charge on any atom is -0.302 e. The highest BCUT2D eigenvalue weighted by atomic mass is 31.3. The smallest absolute Gasteiger partial charge is 0.302 e. The van der Waals surface area contributed by atoms with Crippen LogP contribution in [-0.2, 0) is 67.5 Å². The molecule has 1 saturated carbocycles. The van der Waals surface area contributed by atoms with Crippen LogP contribution in [0.5, 0.6) is 0 Å². The normalized spacial score (nSPS) is 78.0. The average molecular weight is 612 g/mol. The van der Waals surface area contributed by atoms with E-state index in [0.717, 1.165) is 0 Å². The number of fused-ring (bicyclic) bond motifs is 6. The van der Waals surface area contributed by atoms with E-state index >= 15 is 0 Å². The standard InChI is InChI=1S/C6H12O21P6/c7-28(8)19-1-2(20-29(9,10)25-28)4-6(24-33(17,18)27-32(15,16)23-4)5-3(1)21-30(11,12)26-31(13,14)22-5/h1-6H,(H,7,8)(H,9,10)(H,11,12)(H,13,14)(H,15,16)(H,17,18)/i1D,2D,3D,4D,5D,6D. The van der Waals surface area contributed by atoms with Crippen molar-refractivity contribution >= 4 is 46.9 Å². The second-order valence-electron chi connectivity index (χ2n) is 5.58. The van der Waals surface area contributed by atoms with Crippen molar-refractivity contribution in [2.75, 3.05) is 0 Å². The maximum atomic E-state index is 12.4. The SMILES string of the molecule is [2H]C12OP(=O)(O)OP(=O)(O)OC1([2H])C1([2H])OP(=O)(O)OP(=O)(O)OC1([2H])C1([2H])OP(=O)(O)OP(=O)(O)OC21[2H]. The largest absolute Gasteiger partial charge is 0.481 e. The Balaban J connectivity index is 2.28. The minimum absolute atomic E-state index is 3.69. The Hall–Kier alpha value is 0.780. The predicted octanol–water partition coefficient (Wildman–Crippen LogP) is 0.00420. The number of phosphoric ester groups is 6. The second-order valence-corrected chi connectivity index (χ2v) is 14.3. The highest BCUT2D eigenvalue weighted by Crippen LogP contribution is 2.72. The van der Waals surface area contributed by atoms with Crippen LogP contribution >= 0.6 is 46.9 Å². The molecule has 0 spiro atoms. The van der Waals surface area contributed by atoms with Gasteiger partial charge in [0, 0.05) is 0 Å². The number of phosphoric acid groups is 6. The van der Waals surface area contributed by atoms with Gasteiger partial charge in [-0.15, -0.1) is 0 Å². The molecule has 4 fully saturated rings. The van der Waals surface area contributed by atoms with Crippen LogP contribution in [-0.4, -0.2) is 65.8 Å². The van der Waals surface area contributed by atoms with Gasteiger partial charge in [0.15, 0.2) is 0 Å². The average Bonchev–Trinajstić information content (AvgIpc) is 2.73. The van der Waals surface area contributed by atoms with Crippen molar-refractivity contribution in [1.82, 2.24) is 0 Å². The summed E-state index contributed by atoms with van der Waals surface area (Å²) in [5.41, 5.74) is 0. The van der Waals surface area contributed by atoms with Crippen LogP contribution in [0.2, 0.25) is 0 Å². The molecule has 1 aliphatic carbocycles. The molecule has 0 aromatic carbocycles. The van der Waals surface area contributed by atoms with Crippen molar-refractivity contribution in [3.05, 3.63) is 0 Å². The van der Waals surface area contributed by atoms with Crippen LogP contribution in [0.3, 0.4) is 0 Å². The lowest BCUT2D eigenvalue weighted by Crippen LogP contribution is -2.65. The van der Waals surface area contributed by atoms with Crippen molar-refractivity contribution < 1.29 is 105 Å². The van der Waals surface area contributed by atoms with Crippen molar-refractivity contribution in [2.45, 2.75) is 36.5 Å². The molecule has 192 valence electrons. The van der Waals surface area contributed by atoms with E-state index in [1.807, 2.05) is 0 Å². The number of rotatable bonds is 0. The quantitative estimate of drug-likeness (QED) is 0.196. The lowest BCUT2D eigenvalue weighted by Gasteiger charge is -2.45. The first-order chi connectivity index (χ1) is 16.9. The van der Waals surface area contributed by atoms with Gasteiger partial charge in [0.1, 0.15) is 36.5 Å². The van der Waals surface area contributed by atoms with Crippen LogP contribution in [0.1, 0.15) is 8.22 Å². The molecule has 0 aromatic rings. The molecule has 6 unspecified atom stereocenters. The number of hydrogen-bond donors (Lipinski definition) is 6. The van der Waals surface area contributed by atoms with Gasteiger partial charge in [-0.25, -0.2) is 27.4 Å². The van der Waals surface area contributed by atoms with Gasteiger partial charge in [-0.1, -0.05) is 0 Å². The molecular formula is C6H12O21P6. The van der Waals surface area contributed by atoms with Gasteiger partial charge in [0.25, 0.3) is 0 Å². The fraction of sp³-hybridized carbons (Fsp3) is 1.00. The summed E-state index contributed by atoms with van der Waals surface area (Å²) < 4.78 is 161. The molecule has 0 aromatic heterocycles. The van der Waals surface area contributed by atoms with Crippen molar-refractivity contribution in [3.8, 4) is 0 Å². The third kappa shape index (κ3) is 5.86. The lowest BCUT2D eigenvalue weighted by atomic mass is 9.85. The van der Waals surface area contributed by atoms with Crippen LogP contribution in [0.4, 0.5) is 0 Å². The molecule has 4 aliphatic rings. The molecule has 3 aliphatic heterocycles. The van der Waals surface area contributed by atoms with Crippen LogP contribution in [0, 0.1) is 0 Å². The van der Waals surface area contributed by atoms with Gasteiger partial charge >= 0.3 is 46.9 Å². The van der Waals surface area contributed by atoms with E-state index in [1.165, 1.54) is 0 Å². The molecule has 3 saturated heterocycles. The topological polar surface area (TPSA) is 307 Å². The van der Waals surface area contributed by atoms with Crippen molar-refractivity contribution in [3.63, 3.8) is 0 Å². The molecule has 0 radical (unpaired) electrons. The molecule has 4 rings (SSSR count). The summed E-state index contributed by atoms with van der Waals surface area (Å²) in [6, 6.07) is 0. The first-order valence-corrected chi connectivity index (χ1v) is 16.2. The molecule has 6 atom stereocenters. The lowest BCUT2D eigenvalue weighted by molar-refractivity contribution is -0.185. The van der Waals surface area contributed by atoms with Gasteiger partial charge in [-0.3, -0.25) is 27.1 Å². The van der Waals surface area contributed by atoms with E-state index in [4.69, 9.17) is 8.22 Å². The number of hydrogen-bond acceptors (Lipinski definition) is 15. The summed E-state index contributed by atoms with van der Waals surface area (Å²) in [4.78, 5) is 59.3. The van der Waals surface area contributed by atoms with Gasteiger partial charge in [-0.2, -0.15) is 12.9 Å². The Bertz CT molecular complexity index is 1150. The van der Waals surface area contributed by atoms with Gasteiger partial charge < -0.3 is 29.4 Å². The van der Waals surface area contributed by atoms with E-state index in [-0.39, 0.29) is 0 Å². The van der Waals surface area contributed by atoms with E-state index < -0.39 is 83.4 Å². The zero-order chi connectivity index (χ0) is 30.4. The minimum atomic E-state index is -6.48. The van der Waals surface area contributed by atoms with E-state index in [1.54, 1.807) is 0 Å². The molecule has 27 heteroatoms. The highest BCUT2D eigenvalue weighted by Gasteiger charge is 2.68. The fourth-order valence-corrected chi connectivity index (χ4v) is 8.61. The summed E-state index contributed by atoms with van der Waals surface area (Å²) >= 11 is 0. The Morgan fingerprint density at radius 3 is 0.636 bits per heavy atom. The van der Waals surface area contributed by atoms with Gasteiger partial charge in [0.2, 0.25) is 0 Å². The maximum absolute atomic E-state index is 12.4. The Morgan fingerprint density at radius 2 is 0.515 bits per heavy atom. The molecule has 6 N–H and O–H groups in total. The highest BCUT2D eigenvalue weighted by molar-refractivity contribution is 7.62. The summed E-state index contributed by atoms with van der Waals surface area (Å²) in [5, 5.41) is 0. The van der Waals surface area contributed by atoms with E-state index in [9.17, 15) is 56.8 Å².